The highest BCUT2D eigenvalue weighted by Crippen LogP contribution is 2.31. The number of carbonyl (C=O) groups excluding carboxylic acids is 3. The summed E-state index contributed by atoms with van der Waals surface area (Å²) in [5.41, 5.74) is 3.65. The van der Waals surface area contributed by atoms with Crippen molar-refractivity contribution < 1.29 is 37.0 Å². The van der Waals surface area contributed by atoms with Crippen LogP contribution in [0, 0.1) is 0 Å². The minimum absolute atomic E-state index is 0.177. The van der Waals surface area contributed by atoms with Crippen LogP contribution >= 0.6 is 0 Å². The van der Waals surface area contributed by atoms with Crippen LogP contribution in [-0.2, 0) is 20.5 Å². The molecule has 0 unspecified atom stereocenters. The molecule has 0 saturated carbocycles. The highest BCUT2D eigenvalue weighted by molar-refractivity contribution is 5.95. The van der Waals surface area contributed by atoms with Crippen LogP contribution in [0.15, 0.2) is 54.6 Å². The van der Waals surface area contributed by atoms with Crippen LogP contribution in [0.25, 0.3) is 0 Å². The lowest BCUT2D eigenvalue weighted by Gasteiger charge is -2.14. The number of halogens is 3. The number of alkyl halides is 3. The summed E-state index contributed by atoms with van der Waals surface area (Å²) in [6.07, 6.45) is -5.82. The molecular formula is C19H17F3N2O5. The van der Waals surface area contributed by atoms with Crippen LogP contribution in [0.5, 0.6) is 5.75 Å². The van der Waals surface area contributed by atoms with Crippen molar-refractivity contribution in [2.24, 2.45) is 0 Å². The zero-order valence-electron chi connectivity index (χ0n) is 15.2. The van der Waals surface area contributed by atoms with Gasteiger partial charge in [-0.05, 0) is 37.3 Å². The van der Waals surface area contributed by atoms with Crippen molar-refractivity contribution >= 4 is 17.8 Å². The molecule has 0 heterocycles. The van der Waals surface area contributed by atoms with Crippen molar-refractivity contribution in [3.8, 4) is 5.75 Å². The second kappa shape index (κ2) is 9.58. The molecule has 0 radical (unpaired) electrons. The predicted molar refractivity (Wildman–Crippen MR) is 94.5 cm³/mol. The second-order valence-electron chi connectivity index (χ2n) is 5.76. The number of carbonyl (C=O) groups is 3. The quantitative estimate of drug-likeness (QED) is 0.564. The molecule has 0 aliphatic rings. The molecule has 0 aliphatic carbocycles. The monoisotopic (exact) mass is 410 g/mol. The summed E-state index contributed by atoms with van der Waals surface area (Å²) in [5.74, 6) is -2.52. The molecular weight excluding hydrogens is 393 g/mol. The standard InChI is InChI=1S/C19H17F3N2O5/c1-12(17(26)23-24-18(27)13-6-3-2-4-7-13)29-16(25)11-28-15-9-5-8-14(10-15)19(20,21)22/h2-10,12H,11H2,1H3,(H,23,26)(H,24,27)/t12-/m0/s1. The average Bonchev–Trinajstić information content (AvgIpc) is 2.70. The van der Waals surface area contributed by atoms with Gasteiger partial charge in [-0.3, -0.25) is 20.4 Å². The van der Waals surface area contributed by atoms with Crippen molar-refractivity contribution in [1.29, 1.82) is 0 Å². The van der Waals surface area contributed by atoms with E-state index >= 15 is 0 Å². The van der Waals surface area contributed by atoms with Gasteiger partial charge in [0.1, 0.15) is 5.75 Å². The highest BCUT2D eigenvalue weighted by Gasteiger charge is 2.30. The third kappa shape index (κ3) is 6.83. The van der Waals surface area contributed by atoms with Gasteiger partial charge in [0, 0.05) is 5.56 Å². The van der Waals surface area contributed by atoms with E-state index in [2.05, 4.69) is 10.9 Å². The molecule has 1 atom stereocenters. The number of hydrazine groups is 1. The largest absolute Gasteiger partial charge is 0.482 e. The maximum Gasteiger partial charge on any atom is 0.416 e. The number of rotatable bonds is 6. The molecule has 0 saturated heterocycles. The number of nitrogens with one attached hydrogen (secondary N) is 2. The molecule has 0 aromatic heterocycles. The molecule has 0 bridgehead atoms. The van der Waals surface area contributed by atoms with Crippen molar-refractivity contribution in [3.05, 3.63) is 65.7 Å². The molecule has 0 spiro atoms. The third-order valence-electron chi connectivity index (χ3n) is 3.53. The topological polar surface area (TPSA) is 93.7 Å². The van der Waals surface area contributed by atoms with Gasteiger partial charge in [0.15, 0.2) is 12.7 Å². The van der Waals surface area contributed by atoms with Crippen LogP contribution in [0.4, 0.5) is 13.2 Å². The van der Waals surface area contributed by atoms with Crippen LogP contribution in [0.3, 0.4) is 0 Å². The molecule has 2 amide bonds. The lowest BCUT2D eigenvalue weighted by atomic mass is 10.2. The lowest BCUT2D eigenvalue weighted by Crippen LogP contribution is -2.47. The van der Waals surface area contributed by atoms with E-state index in [0.717, 1.165) is 18.2 Å². The minimum Gasteiger partial charge on any atom is -0.482 e. The van der Waals surface area contributed by atoms with Crippen molar-refractivity contribution in [2.75, 3.05) is 6.61 Å². The van der Waals surface area contributed by atoms with Gasteiger partial charge in [-0.15, -0.1) is 0 Å². The second-order valence-corrected chi connectivity index (χ2v) is 5.76. The van der Waals surface area contributed by atoms with E-state index in [9.17, 15) is 27.6 Å². The predicted octanol–water partition coefficient (Wildman–Crippen LogP) is 2.48. The van der Waals surface area contributed by atoms with Gasteiger partial charge in [0.2, 0.25) is 0 Å². The fraction of sp³-hybridized carbons (Fsp3) is 0.211. The fourth-order valence-electron chi connectivity index (χ4n) is 2.07. The zero-order valence-corrected chi connectivity index (χ0v) is 15.2. The SMILES string of the molecule is C[C@H](OC(=O)COc1cccc(C(F)(F)F)c1)C(=O)NNC(=O)c1ccccc1. The van der Waals surface area contributed by atoms with E-state index in [0.29, 0.717) is 5.56 Å². The van der Waals surface area contributed by atoms with Crippen molar-refractivity contribution in [2.45, 2.75) is 19.2 Å². The number of benzene rings is 2. The Balaban J connectivity index is 1.78. The first-order valence-electron chi connectivity index (χ1n) is 8.31. The first-order chi connectivity index (χ1) is 13.7. The highest BCUT2D eigenvalue weighted by atomic mass is 19.4. The smallest absolute Gasteiger partial charge is 0.416 e. The maximum absolute atomic E-state index is 12.6. The number of ether oxygens (including phenoxy) is 2. The number of amides is 2. The van der Waals surface area contributed by atoms with Crippen LogP contribution in [-0.4, -0.2) is 30.5 Å². The number of hydrogen-bond acceptors (Lipinski definition) is 5. The van der Waals surface area contributed by atoms with Gasteiger partial charge in [-0.25, -0.2) is 4.79 Å². The summed E-state index contributed by atoms with van der Waals surface area (Å²) in [7, 11) is 0. The first-order valence-corrected chi connectivity index (χ1v) is 8.31. The summed E-state index contributed by atoms with van der Waals surface area (Å²) in [6.45, 7) is 0.557. The molecule has 2 aromatic carbocycles. The molecule has 2 N–H and O–H groups in total. The van der Waals surface area contributed by atoms with Gasteiger partial charge in [-0.1, -0.05) is 24.3 Å². The molecule has 2 rings (SSSR count). The Hall–Kier alpha value is -3.56. The maximum atomic E-state index is 12.6. The molecule has 29 heavy (non-hydrogen) atoms. The van der Waals surface area contributed by atoms with Crippen molar-refractivity contribution in [3.63, 3.8) is 0 Å². The zero-order chi connectivity index (χ0) is 21.4. The van der Waals surface area contributed by atoms with E-state index in [1.807, 2.05) is 0 Å². The summed E-state index contributed by atoms with van der Waals surface area (Å²) in [4.78, 5) is 35.4. The molecule has 154 valence electrons. The summed E-state index contributed by atoms with van der Waals surface area (Å²) >= 11 is 0. The molecule has 0 aliphatic heterocycles. The fourth-order valence-corrected chi connectivity index (χ4v) is 2.07. The van der Waals surface area contributed by atoms with E-state index in [1.165, 1.54) is 25.1 Å². The molecule has 10 heteroatoms. The lowest BCUT2D eigenvalue weighted by molar-refractivity contribution is -0.156. The van der Waals surface area contributed by atoms with Gasteiger partial charge in [0.05, 0.1) is 5.56 Å². The Labute approximate surface area is 163 Å². The number of hydrogen-bond donors (Lipinski definition) is 2. The van der Waals surface area contributed by atoms with Crippen LogP contribution in [0.2, 0.25) is 0 Å². The van der Waals surface area contributed by atoms with Crippen LogP contribution in [0.1, 0.15) is 22.8 Å². The molecule has 7 nitrogen and oxygen atoms in total. The van der Waals surface area contributed by atoms with Crippen LogP contribution < -0.4 is 15.6 Å². The summed E-state index contributed by atoms with van der Waals surface area (Å²) in [6, 6.07) is 12.1. The average molecular weight is 410 g/mol. The molecule has 0 fully saturated rings. The Bertz CT molecular complexity index is 872. The third-order valence-corrected chi connectivity index (χ3v) is 3.53. The normalized spacial score (nSPS) is 11.9. The van der Waals surface area contributed by atoms with E-state index in [1.54, 1.807) is 18.2 Å². The van der Waals surface area contributed by atoms with E-state index < -0.39 is 42.2 Å². The summed E-state index contributed by atoms with van der Waals surface area (Å²) < 4.78 is 47.7. The Kier molecular flexibility index (Phi) is 7.18. The van der Waals surface area contributed by atoms with Gasteiger partial charge >= 0.3 is 12.1 Å². The van der Waals surface area contributed by atoms with E-state index in [-0.39, 0.29) is 5.75 Å². The van der Waals surface area contributed by atoms with Gasteiger partial charge in [-0.2, -0.15) is 13.2 Å². The van der Waals surface area contributed by atoms with Gasteiger partial charge in [0.25, 0.3) is 11.8 Å². The molecule has 2 aromatic rings. The Morgan fingerprint density at radius 3 is 2.34 bits per heavy atom. The Morgan fingerprint density at radius 1 is 1.00 bits per heavy atom. The first kappa shape index (κ1) is 21.7. The summed E-state index contributed by atoms with van der Waals surface area (Å²) in [5, 5.41) is 0. The van der Waals surface area contributed by atoms with Crippen molar-refractivity contribution in [1.82, 2.24) is 10.9 Å². The van der Waals surface area contributed by atoms with E-state index in [4.69, 9.17) is 9.47 Å². The van der Waals surface area contributed by atoms with Gasteiger partial charge < -0.3 is 9.47 Å². The Morgan fingerprint density at radius 2 is 1.69 bits per heavy atom. The minimum atomic E-state index is -4.54. The number of esters is 1.